The first-order valence-electron chi connectivity index (χ1n) is 4.34. The Morgan fingerprint density at radius 1 is 1.46 bits per heavy atom. The van der Waals surface area contributed by atoms with Crippen LogP contribution >= 0.6 is 11.8 Å². The van der Waals surface area contributed by atoms with E-state index in [0.717, 1.165) is 16.9 Å². The molecule has 1 aromatic rings. The van der Waals surface area contributed by atoms with E-state index in [2.05, 4.69) is 12.2 Å². The van der Waals surface area contributed by atoms with E-state index in [4.69, 9.17) is 0 Å². The zero-order chi connectivity index (χ0) is 9.26. The third-order valence-corrected chi connectivity index (χ3v) is 3.12. The molecule has 0 bridgehead atoms. The summed E-state index contributed by atoms with van der Waals surface area (Å²) in [6.07, 6.45) is 0. The Balaban J connectivity index is 2.36. The van der Waals surface area contributed by atoms with Crippen molar-refractivity contribution in [3.05, 3.63) is 35.4 Å². The van der Waals surface area contributed by atoms with Gasteiger partial charge in [-0.2, -0.15) is 0 Å². The van der Waals surface area contributed by atoms with Gasteiger partial charge in [0.2, 0.25) is 0 Å². The normalized spacial score (nSPS) is 19.8. The molecule has 0 saturated heterocycles. The smallest absolute Gasteiger partial charge is 0.252 e. The van der Waals surface area contributed by atoms with Gasteiger partial charge in [-0.1, -0.05) is 25.1 Å². The molecule has 0 radical (unpaired) electrons. The molecule has 3 heteroatoms. The summed E-state index contributed by atoms with van der Waals surface area (Å²) in [5.74, 6) is 1.07. The maximum atomic E-state index is 11.4. The zero-order valence-corrected chi connectivity index (χ0v) is 8.23. The summed E-state index contributed by atoms with van der Waals surface area (Å²) in [5.41, 5.74) is 1.95. The van der Waals surface area contributed by atoms with Gasteiger partial charge < -0.3 is 5.32 Å². The number of carbonyl (C=O) groups is 1. The van der Waals surface area contributed by atoms with Crippen LogP contribution in [0.25, 0.3) is 0 Å². The highest BCUT2D eigenvalue weighted by Gasteiger charge is 2.27. The second-order valence-corrected chi connectivity index (χ2v) is 4.28. The largest absolute Gasteiger partial charge is 0.336 e. The predicted molar refractivity (Wildman–Crippen MR) is 54.8 cm³/mol. The van der Waals surface area contributed by atoms with Gasteiger partial charge in [-0.25, -0.2) is 0 Å². The molecule has 0 aromatic heterocycles. The SMILES string of the molecule is CCSC1NC(=O)c2ccccc21. The number of carbonyl (C=O) groups excluding carboxylic acids is 1. The fourth-order valence-corrected chi connectivity index (χ4v) is 2.41. The van der Waals surface area contributed by atoms with Crippen molar-refractivity contribution in [1.82, 2.24) is 5.32 Å². The van der Waals surface area contributed by atoms with Gasteiger partial charge in [0.25, 0.3) is 5.91 Å². The summed E-state index contributed by atoms with van der Waals surface area (Å²) in [5, 5.41) is 3.11. The molecule has 0 spiro atoms. The van der Waals surface area contributed by atoms with Gasteiger partial charge in [-0.05, 0) is 17.4 Å². The van der Waals surface area contributed by atoms with E-state index in [9.17, 15) is 4.79 Å². The van der Waals surface area contributed by atoms with Crippen LogP contribution in [-0.2, 0) is 0 Å². The molecule has 1 aliphatic heterocycles. The Bertz CT molecular complexity index is 337. The first kappa shape index (κ1) is 8.63. The van der Waals surface area contributed by atoms with E-state index in [-0.39, 0.29) is 11.3 Å². The maximum absolute atomic E-state index is 11.4. The lowest BCUT2D eigenvalue weighted by Crippen LogP contribution is -2.16. The quantitative estimate of drug-likeness (QED) is 0.780. The van der Waals surface area contributed by atoms with Gasteiger partial charge in [0, 0.05) is 5.56 Å². The van der Waals surface area contributed by atoms with Crippen LogP contribution in [0.4, 0.5) is 0 Å². The summed E-state index contributed by atoms with van der Waals surface area (Å²) in [7, 11) is 0. The van der Waals surface area contributed by atoms with Crippen LogP contribution in [0.3, 0.4) is 0 Å². The van der Waals surface area contributed by atoms with Gasteiger partial charge in [-0.15, -0.1) is 11.8 Å². The van der Waals surface area contributed by atoms with Crippen molar-refractivity contribution < 1.29 is 4.79 Å². The topological polar surface area (TPSA) is 29.1 Å². The number of amides is 1. The van der Waals surface area contributed by atoms with E-state index >= 15 is 0 Å². The van der Waals surface area contributed by atoms with Gasteiger partial charge in [-0.3, -0.25) is 4.79 Å². The van der Waals surface area contributed by atoms with Crippen LogP contribution in [-0.4, -0.2) is 11.7 Å². The second kappa shape index (κ2) is 3.42. The Hall–Kier alpha value is -0.960. The first-order chi connectivity index (χ1) is 6.33. The Morgan fingerprint density at radius 2 is 2.23 bits per heavy atom. The second-order valence-electron chi connectivity index (χ2n) is 2.90. The summed E-state index contributed by atoms with van der Waals surface area (Å²) in [6, 6.07) is 7.77. The van der Waals surface area contributed by atoms with Crippen molar-refractivity contribution in [2.75, 3.05) is 5.75 Å². The fourth-order valence-electron chi connectivity index (χ4n) is 1.51. The Labute approximate surface area is 81.7 Å². The lowest BCUT2D eigenvalue weighted by molar-refractivity contribution is 0.0965. The molecule has 1 N–H and O–H groups in total. The molecular formula is C10H11NOS. The van der Waals surface area contributed by atoms with Gasteiger partial charge in [0.05, 0.1) is 0 Å². The lowest BCUT2D eigenvalue weighted by atomic mass is 10.1. The Morgan fingerprint density at radius 3 is 3.00 bits per heavy atom. The minimum atomic E-state index is 0.0570. The highest BCUT2D eigenvalue weighted by atomic mass is 32.2. The molecule has 68 valence electrons. The van der Waals surface area contributed by atoms with E-state index in [0.29, 0.717) is 0 Å². The molecule has 0 aliphatic carbocycles. The molecule has 1 amide bonds. The van der Waals surface area contributed by atoms with Crippen LogP contribution < -0.4 is 5.32 Å². The number of fused-ring (bicyclic) bond motifs is 1. The van der Waals surface area contributed by atoms with Crippen molar-refractivity contribution >= 4 is 17.7 Å². The molecule has 1 aliphatic rings. The molecular weight excluding hydrogens is 182 g/mol. The molecule has 0 fully saturated rings. The minimum Gasteiger partial charge on any atom is -0.336 e. The molecule has 1 atom stereocenters. The molecule has 2 rings (SSSR count). The number of thioether (sulfide) groups is 1. The summed E-state index contributed by atoms with van der Waals surface area (Å²) in [6.45, 7) is 2.09. The van der Waals surface area contributed by atoms with Crippen molar-refractivity contribution in [2.24, 2.45) is 0 Å². The number of hydrogen-bond acceptors (Lipinski definition) is 2. The highest BCUT2D eigenvalue weighted by molar-refractivity contribution is 7.99. The monoisotopic (exact) mass is 193 g/mol. The van der Waals surface area contributed by atoms with E-state index in [1.807, 2.05) is 24.3 Å². The summed E-state index contributed by atoms with van der Waals surface area (Å²) in [4.78, 5) is 11.4. The number of nitrogens with one attached hydrogen (secondary N) is 1. The van der Waals surface area contributed by atoms with Gasteiger partial charge in [0.15, 0.2) is 0 Å². The molecule has 13 heavy (non-hydrogen) atoms. The van der Waals surface area contributed by atoms with E-state index in [1.54, 1.807) is 11.8 Å². The number of benzene rings is 1. The van der Waals surface area contributed by atoms with E-state index in [1.165, 1.54) is 0 Å². The van der Waals surface area contributed by atoms with Gasteiger partial charge in [0.1, 0.15) is 5.37 Å². The third-order valence-electron chi connectivity index (χ3n) is 2.08. The Kier molecular flexibility index (Phi) is 2.27. The zero-order valence-electron chi connectivity index (χ0n) is 7.41. The average Bonchev–Trinajstić information content (AvgIpc) is 2.46. The van der Waals surface area contributed by atoms with Gasteiger partial charge >= 0.3 is 0 Å². The summed E-state index contributed by atoms with van der Waals surface area (Å²) >= 11 is 1.75. The van der Waals surface area contributed by atoms with Crippen molar-refractivity contribution in [1.29, 1.82) is 0 Å². The van der Waals surface area contributed by atoms with Crippen LogP contribution in [0, 0.1) is 0 Å². The fraction of sp³-hybridized carbons (Fsp3) is 0.300. The predicted octanol–water partition coefficient (Wildman–Crippen LogP) is 2.18. The summed E-state index contributed by atoms with van der Waals surface area (Å²) < 4.78 is 0. The van der Waals surface area contributed by atoms with Crippen LogP contribution in [0.15, 0.2) is 24.3 Å². The molecule has 1 unspecified atom stereocenters. The lowest BCUT2D eigenvalue weighted by Gasteiger charge is -2.08. The van der Waals surface area contributed by atoms with Crippen molar-refractivity contribution in [3.8, 4) is 0 Å². The molecule has 1 heterocycles. The van der Waals surface area contributed by atoms with E-state index < -0.39 is 0 Å². The third kappa shape index (κ3) is 1.44. The average molecular weight is 193 g/mol. The van der Waals surface area contributed by atoms with Crippen LogP contribution in [0.2, 0.25) is 0 Å². The first-order valence-corrected chi connectivity index (χ1v) is 5.39. The number of rotatable bonds is 2. The molecule has 0 saturated carbocycles. The minimum absolute atomic E-state index is 0.0570. The van der Waals surface area contributed by atoms with Crippen molar-refractivity contribution in [3.63, 3.8) is 0 Å². The molecule has 2 nitrogen and oxygen atoms in total. The number of hydrogen-bond donors (Lipinski definition) is 1. The highest BCUT2D eigenvalue weighted by Crippen LogP contribution is 2.33. The standard InChI is InChI=1S/C10H11NOS/c1-2-13-10-8-6-4-3-5-7(8)9(12)11-10/h3-6,10H,2H2,1H3,(H,11,12). The maximum Gasteiger partial charge on any atom is 0.252 e. The van der Waals surface area contributed by atoms with Crippen molar-refractivity contribution in [2.45, 2.75) is 12.3 Å². The molecule has 1 aromatic carbocycles. The van der Waals surface area contributed by atoms with Crippen LogP contribution in [0.5, 0.6) is 0 Å². The van der Waals surface area contributed by atoms with Crippen LogP contribution in [0.1, 0.15) is 28.2 Å².